The van der Waals surface area contributed by atoms with Gasteiger partial charge in [-0.05, 0) is 337 Å². The molecule has 0 amide bonds. The fraction of sp³-hybridized carbons (Fsp3) is 0.0725. The Hall–Kier alpha value is -8.72. The molecule has 2 nitrogen and oxygen atoms in total. The molecule has 2 spiro atoms. The largest absolute Gasteiger partial charge is 0.497 e. The minimum absolute atomic E-state index is 0.238. The fourth-order valence-electron chi connectivity index (χ4n) is 25.8. The summed E-state index contributed by atoms with van der Waals surface area (Å²) in [5, 5.41) is 90.2. The summed E-state index contributed by atoms with van der Waals surface area (Å²) in [6, 6.07) is 9.27. The summed E-state index contributed by atoms with van der Waals surface area (Å²) in [6.45, 7) is 2.02. The molecule has 1 heterocycles. The van der Waals surface area contributed by atoms with Crippen LogP contribution in [0.15, 0.2) is 24.3 Å². The predicted octanol–water partition coefficient (Wildman–Crippen LogP) is 17.8. The van der Waals surface area contributed by atoms with Gasteiger partial charge in [0.2, 0.25) is 0 Å². The molecular weight excluding hydrogens is 859 g/mol. The van der Waals surface area contributed by atoms with Gasteiger partial charge >= 0.3 is 0 Å². The Morgan fingerprint density at radius 3 is 0.549 bits per heavy atom. The van der Waals surface area contributed by atoms with E-state index in [0.29, 0.717) is 0 Å². The molecule has 0 N–H and O–H groups in total. The number of anilines is 1. The van der Waals surface area contributed by atoms with Crippen molar-refractivity contribution in [3.8, 4) is 5.75 Å². The lowest BCUT2D eigenvalue weighted by Crippen LogP contribution is -2.51. The highest BCUT2D eigenvalue weighted by Gasteiger charge is 2.73. The Balaban J connectivity index is 1.13. The average Bonchev–Trinajstić information content (AvgIpc) is 4.30. The third kappa shape index (κ3) is 1.41. The molecular formula is C69H11NO. The normalized spacial score (nSPS) is 22.4. The van der Waals surface area contributed by atoms with Crippen molar-refractivity contribution in [3.05, 3.63) is 46.5 Å². The van der Waals surface area contributed by atoms with E-state index < -0.39 is 0 Å². The van der Waals surface area contributed by atoms with E-state index in [-0.39, 0.29) is 10.8 Å². The summed E-state index contributed by atoms with van der Waals surface area (Å²) >= 11 is 0. The summed E-state index contributed by atoms with van der Waals surface area (Å²) in [4.78, 5) is 2.92. The maximum atomic E-state index is 5.87. The summed E-state index contributed by atoms with van der Waals surface area (Å²) in [7, 11) is 1.82. The van der Waals surface area contributed by atoms with Crippen molar-refractivity contribution >= 4 is 297 Å². The molecule has 298 valence electrons. The van der Waals surface area contributed by atoms with E-state index in [0.717, 1.165) is 18.8 Å². The van der Waals surface area contributed by atoms with Crippen LogP contribution in [0.3, 0.4) is 0 Å². The Kier molecular flexibility index (Phi) is 2.21. The number of methoxy groups -OCH3 is 1. The van der Waals surface area contributed by atoms with Crippen molar-refractivity contribution in [3.63, 3.8) is 0 Å². The van der Waals surface area contributed by atoms with Gasteiger partial charge in [0.25, 0.3) is 0 Å². The zero-order chi connectivity index (χ0) is 42.2. The topological polar surface area (TPSA) is 12.5 Å². The van der Waals surface area contributed by atoms with E-state index in [1.807, 2.05) is 7.11 Å². The maximum Gasteiger partial charge on any atom is 0.119 e. The highest BCUT2D eigenvalue weighted by atomic mass is 16.5. The second-order valence-corrected chi connectivity index (χ2v) is 26.1. The number of hydrogen-bond acceptors (Lipinski definition) is 2. The first-order valence-electron chi connectivity index (χ1n) is 26.5. The van der Waals surface area contributed by atoms with Gasteiger partial charge in [-0.25, -0.2) is 0 Å². The second kappa shape index (κ2) is 5.96. The highest BCUT2D eigenvalue weighted by Crippen LogP contribution is 2.85. The van der Waals surface area contributed by atoms with Crippen molar-refractivity contribution in [2.45, 2.75) is 10.8 Å². The predicted molar refractivity (Wildman–Crippen MR) is 299 cm³/mol. The molecule has 71 heavy (non-hydrogen) atoms. The van der Waals surface area contributed by atoms with Gasteiger partial charge in [-0.2, -0.15) is 0 Å². The van der Waals surface area contributed by atoms with Crippen molar-refractivity contribution in [1.29, 1.82) is 0 Å². The number of rotatable bonds is 2. The fourth-order valence-corrected chi connectivity index (χ4v) is 25.8. The van der Waals surface area contributed by atoms with Gasteiger partial charge in [-0.15, -0.1) is 0 Å². The molecule has 0 radical (unpaired) electrons. The van der Waals surface area contributed by atoms with E-state index in [9.17, 15) is 0 Å². The Labute approximate surface area is 387 Å². The van der Waals surface area contributed by atoms with E-state index in [2.05, 4.69) is 29.2 Å². The Morgan fingerprint density at radius 1 is 0.239 bits per heavy atom. The molecule has 29 aromatic rings. The number of nitrogens with zero attached hydrogens (tertiary/aromatic N) is 1. The van der Waals surface area contributed by atoms with Gasteiger partial charge in [0.15, 0.2) is 0 Å². The number of ether oxygens (including phenoxy) is 1. The molecule has 0 aromatic heterocycles. The van der Waals surface area contributed by atoms with Crippen molar-refractivity contribution < 1.29 is 4.74 Å². The van der Waals surface area contributed by atoms with E-state index in [1.54, 1.807) is 313 Å². The van der Waals surface area contributed by atoms with Crippen LogP contribution in [0.2, 0.25) is 0 Å². The molecule has 0 atom stereocenters. The monoisotopic (exact) mass is 869 g/mol. The quantitative estimate of drug-likeness (QED) is 0.161. The Bertz CT molecular complexity index is 6820. The molecule has 5 aliphatic rings. The molecule has 0 unspecified atom stereocenters. The van der Waals surface area contributed by atoms with E-state index >= 15 is 0 Å². The van der Waals surface area contributed by atoms with Gasteiger partial charge in [0.05, 0.1) is 17.9 Å². The molecule has 1 fully saturated rings. The van der Waals surface area contributed by atoms with Crippen LogP contribution >= 0.6 is 0 Å². The average molecular weight is 870 g/mol. The molecule has 1 saturated heterocycles. The molecule has 4 aliphatic carbocycles. The van der Waals surface area contributed by atoms with Gasteiger partial charge in [-0.3, -0.25) is 0 Å². The first kappa shape index (κ1) is 26.3. The van der Waals surface area contributed by atoms with Gasteiger partial charge in [0.1, 0.15) is 5.75 Å². The maximum absolute atomic E-state index is 5.87. The lowest BCUT2D eigenvalue weighted by atomic mass is 9.50. The van der Waals surface area contributed by atoms with E-state index in [4.69, 9.17) is 4.74 Å². The molecule has 34 rings (SSSR count). The minimum atomic E-state index is -0.238. The summed E-state index contributed by atoms with van der Waals surface area (Å²) < 4.78 is 5.87. The van der Waals surface area contributed by atoms with Crippen LogP contribution in [0.4, 0.5) is 5.69 Å². The minimum Gasteiger partial charge on any atom is -0.497 e. The van der Waals surface area contributed by atoms with Gasteiger partial charge in [-0.1, -0.05) is 0 Å². The Morgan fingerprint density at radius 2 is 0.394 bits per heavy atom. The van der Waals surface area contributed by atoms with Crippen LogP contribution in [0.5, 0.6) is 5.75 Å². The SMILES string of the molecule is COc1ccc(N2CC34c5c6c7c8c9c%10c(c%11c%12c3c3c5c5c%13c6c6c7c7c9c9c%14c%10c%10c%11c%11c%12c%12c3c3c5c5c%13c%13c6c6c7c9c7c9c%14c%10c%10c%11c%11c%12c3c3c5c5c%13c6c7c6c9c%10c%11c3c56)C84C2)cc1. The van der Waals surface area contributed by atoms with Crippen LogP contribution < -0.4 is 9.64 Å². The zero-order valence-corrected chi connectivity index (χ0v) is 36.6. The number of benzene rings is 19. The summed E-state index contributed by atoms with van der Waals surface area (Å²) in [6.07, 6.45) is 0. The van der Waals surface area contributed by atoms with Crippen LogP contribution in [0, 0.1) is 0 Å². The van der Waals surface area contributed by atoms with Crippen molar-refractivity contribution in [1.82, 2.24) is 0 Å². The number of hydrogen-bond donors (Lipinski definition) is 0. The lowest BCUT2D eigenvalue weighted by molar-refractivity contribution is 0.415. The van der Waals surface area contributed by atoms with Crippen LogP contribution in [0.1, 0.15) is 22.3 Å². The smallest absolute Gasteiger partial charge is 0.119 e. The zero-order valence-electron chi connectivity index (χ0n) is 36.6. The van der Waals surface area contributed by atoms with Crippen LogP contribution in [0.25, 0.3) is 291 Å². The molecule has 1 aliphatic heterocycles. The van der Waals surface area contributed by atoms with Gasteiger partial charge < -0.3 is 9.64 Å². The molecule has 0 bridgehead atoms. The first-order chi connectivity index (χ1) is 35.3. The standard InChI is InChI=1S/C69H11NO/c1-71-9-4-2-8(3-5-9)70-6-68-64-56-48-38-28-20-12-10-11-14-18-16(12)24-32-26(18)36-30-22(14)23-15(11)19-17-13(10)21(20)29-35-25(17)33-27(19)37-31(23)41-40(30)50-44(36)54-46(32)52(42(48)34(24)28)60(64)62(54)66-58(50)59-51(41)45(37)55-47(33)53-43(35)49(39(29)38)57(56)65(68)61(53)63(55)67(59)69(66,68)7-70/h2-5H,6-7H2,1H3. The molecule has 0 saturated carbocycles. The summed E-state index contributed by atoms with van der Waals surface area (Å²) in [5.41, 5.74) is 7.94. The van der Waals surface area contributed by atoms with Crippen LogP contribution in [-0.4, -0.2) is 20.2 Å². The second-order valence-electron chi connectivity index (χ2n) is 26.1. The third-order valence-corrected chi connectivity index (χ3v) is 26.0. The highest BCUT2D eigenvalue weighted by molar-refractivity contribution is 6.82. The van der Waals surface area contributed by atoms with Crippen molar-refractivity contribution in [2.75, 3.05) is 25.1 Å². The van der Waals surface area contributed by atoms with Crippen molar-refractivity contribution in [2.24, 2.45) is 0 Å². The summed E-state index contributed by atoms with van der Waals surface area (Å²) in [5.74, 6) is 0.943. The van der Waals surface area contributed by atoms with Gasteiger partial charge in [0, 0.05) is 18.8 Å². The lowest BCUT2D eigenvalue weighted by Gasteiger charge is -2.49. The van der Waals surface area contributed by atoms with Crippen LogP contribution in [-0.2, 0) is 10.8 Å². The molecule has 2 heteroatoms. The molecule has 29 aromatic carbocycles. The third-order valence-electron chi connectivity index (χ3n) is 26.0. The van der Waals surface area contributed by atoms with E-state index in [1.165, 1.54) is 5.69 Å². The first-order valence-corrected chi connectivity index (χ1v) is 26.5.